The van der Waals surface area contributed by atoms with Gasteiger partial charge in [0.05, 0.1) is 0 Å². The minimum absolute atomic E-state index is 0.0317. The lowest BCUT2D eigenvalue weighted by molar-refractivity contribution is -0.137. The first-order chi connectivity index (χ1) is 11.0. The van der Waals surface area contributed by atoms with Gasteiger partial charge in [-0.3, -0.25) is 9.59 Å². The largest absolute Gasteiger partial charge is 0.481 e. The second kappa shape index (κ2) is 7.63. The Hall–Kier alpha value is -2.56. The standard InChI is InChI=1S/C18H22N2O3/c1-13-8-10-16(20(13)2)18(23)19-15(9-11-17(21)22)12-14-6-4-3-5-7-14/h3-8,10,15H,9,11-12H2,1-2H3,(H,19,23)(H,21,22). The molecule has 5 heteroatoms. The molecule has 1 atom stereocenters. The lowest BCUT2D eigenvalue weighted by Gasteiger charge is -2.18. The van der Waals surface area contributed by atoms with Crippen molar-refractivity contribution in [3.63, 3.8) is 0 Å². The van der Waals surface area contributed by atoms with Crippen LogP contribution in [-0.4, -0.2) is 27.6 Å². The van der Waals surface area contributed by atoms with Crippen LogP contribution in [0.15, 0.2) is 42.5 Å². The molecule has 0 radical (unpaired) electrons. The van der Waals surface area contributed by atoms with E-state index >= 15 is 0 Å². The number of benzene rings is 1. The monoisotopic (exact) mass is 314 g/mol. The van der Waals surface area contributed by atoms with Gasteiger partial charge in [0.15, 0.2) is 0 Å². The van der Waals surface area contributed by atoms with Crippen LogP contribution < -0.4 is 5.32 Å². The van der Waals surface area contributed by atoms with Crippen molar-refractivity contribution in [2.75, 3.05) is 0 Å². The fourth-order valence-corrected chi connectivity index (χ4v) is 2.52. The van der Waals surface area contributed by atoms with Crippen LogP contribution in [0.4, 0.5) is 0 Å². The summed E-state index contributed by atoms with van der Waals surface area (Å²) >= 11 is 0. The highest BCUT2D eigenvalue weighted by atomic mass is 16.4. The summed E-state index contributed by atoms with van der Waals surface area (Å²) < 4.78 is 1.83. The van der Waals surface area contributed by atoms with Crippen LogP contribution in [-0.2, 0) is 18.3 Å². The molecule has 0 fully saturated rings. The minimum atomic E-state index is -0.855. The van der Waals surface area contributed by atoms with E-state index in [1.54, 1.807) is 6.07 Å². The number of nitrogens with zero attached hydrogens (tertiary/aromatic N) is 1. The number of hydrogen-bond donors (Lipinski definition) is 2. The van der Waals surface area contributed by atoms with E-state index in [0.717, 1.165) is 11.3 Å². The Labute approximate surface area is 135 Å². The van der Waals surface area contributed by atoms with Crippen LogP contribution >= 0.6 is 0 Å². The third kappa shape index (κ3) is 4.71. The summed E-state index contributed by atoms with van der Waals surface area (Å²) in [6, 6.07) is 13.2. The molecule has 1 amide bonds. The topological polar surface area (TPSA) is 71.3 Å². The Morgan fingerprint density at radius 3 is 2.43 bits per heavy atom. The Morgan fingerprint density at radius 2 is 1.87 bits per heavy atom. The number of hydrogen-bond acceptors (Lipinski definition) is 2. The second-order valence-electron chi connectivity index (χ2n) is 5.71. The molecule has 1 aromatic heterocycles. The molecule has 2 N–H and O–H groups in total. The summed E-state index contributed by atoms with van der Waals surface area (Å²) in [5.74, 6) is -1.03. The van der Waals surface area contributed by atoms with E-state index in [9.17, 15) is 9.59 Å². The molecule has 5 nitrogen and oxygen atoms in total. The number of rotatable bonds is 7. The van der Waals surface area contributed by atoms with Gasteiger partial charge in [-0.05, 0) is 37.5 Å². The molecular formula is C18H22N2O3. The normalized spacial score (nSPS) is 11.9. The summed E-state index contributed by atoms with van der Waals surface area (Å²) in [5.41, 5.74) is 2.66. The number of aromatic nitrogens is 1. The third-order valence-electron chi connectivity index (χ3n) is 3.97. The van der Waals surface area contributed by atoms with E-state index in [4.69, 9.17) is 5.11 Å². The SMILES string of the molecule is Cc1ccc(C(=O)NC(CCC(=O)O)Cc2ccccc2)n1C. The number of amides is 1. The van der Waals surface area contributed by atoms with Crippen molar-refractivity contribution in [2.45, 2.75) is 32.2 Å². The van der Waals surface area contributed by atoms with Gasteiger partial charge < -0.3 is 15.0 Å². The van der Waals surface area contributed by atoms with Crippen molar-refractivity contribution in [2.24, 2.45) is 7.05 Å². The number of aryl methyl sites for hydroxylation is 1. The molecular weight excluding hydrogens is 292 g/mol. The smallest absolute Gasteiger partial charge is 0.303 e. The Bertz CT molecular complexity index is 677. The number of aliphatic carboxylic acids is 1. The van der Waals surface area contributed by atoms with Gasteiger partial charge in [0.1, 0.15) is 5.69 Å². The highest BCUT2D eigenvalue weighted by molar-refractivity contribution is 5.93. The lowest BCUT2D eigenvalue weighted by atomic mass is 10.0. The molecule has 122 valence electrons. The number of carboxylic acid groups (broad SMARTS) is 1. The number of carbonyl (C=O) groups excluding carboxylic acids is 1. The van der Waals surface area contributed by atoms with Gasteiger partial charge in [0, 0.05) is 25.2 Å². The zero-order valence-corrected chi connectivity index (χ0v) is 13.5. The van der Waals surface area contributed by atoms with Crippen LogP contribution in [0.5, 0.6) is 0 Å². The number of carbonyl (C=O) groups is 2. The summed E-state index contributed by atoms with van der Waals surface area (Å²) in [7, 11) is 1.84. The van der Waals surface area contributed by atoms with Gasteiger partial charge in [-0.15, -0.1) is 0 Å². The highest BCUT2D eigenvalue weighted by Crippen LogP contribution is 2.11. The van der Waals surface area contributed by atoms with E-state index in [-0.39, 0.29) is 18.4 Å². The van der Waals surface area contributed by atoms with E-state index < -0.39 is 5.97 Å². The van der Waals surface area contributed by atoms with Crippen molar-refractivity contribution in [3.8, 4) is 0 Å². The van der Waals surface area contributed by atoms with Crippen LogP contribution in [0, 0.1) is 6.92 Å². The van der Waals surface area contributed by atoms with Gasteiger partial charge in [-0.2, -0.15) is 0 Å². The predicted molar refractivity (Wildman–Crippen MR) is 88.4 cm³/mol. The summed E-state index contributed by atoms with van der Waals surface area (Å²) in [6.45, 7) is 1.93. The molecule has 0 aliphatic carbocycles. The molecule has 1 heterocycles. The van der Waals surface area contributed by atoms with Crippen molar-refractivity contribution in [1.29, 1.82) is 0 Å². The summed E-state index contributed by atoms with van der Waals surface area (Å²) in [6.07, 6.45) is 1.05. The molecule has 1 aromatic carbocycles. The fraction of sp³-hybridized carbons (Fsp3) is 0.333. The Kier molecular flexibility index (Phi) is 5.57. The van der Waals surface area contributed by atoms with Gasteiger partial charge in [-0.1, -0.05) is 30.3 Å². The first kappa shape index (κ1) is 16.8. The van der Waals surface area contributed by atoms with Crippen molar-refractivity contribution in [3.05, 3.63) is 59.4 Å². The molecule has 0 bridgehead atoms. The van der Waals surface area contributed by atoms with Gasteiger partial charge in [0.2, 0.25) is 0 Å². The quantitative estimate of drug-likeness (QED) is 0.825. The average molecular weight is 314 g/mol. The molecule has 0 saturated carbocycles. The van der Waals surface area contributed by atoms with Gasteiger partial charge in [0.25, 0.3) is 5.91 Å². The van der Waals surface area contributed by atoms with E-state index in [0.29, 0.717) is 18.5 Å². The summed E-state index contributed by atoms with van der Waals surface area (Å²) in [4.78, 5) is 23.3. The minimum Gasteiger partial charge on any atom is -0.481 e. The Balaban J connectivity index is 2.08. The fourth-order valence-electron chi connectivity index (χ4n) is 2.52. The first-order valence-corrected chi connectivity index (χ1v) is 7.66. The first-order valence-electron chi connectivity index (χ1n) is 7.66. The van der Waals surface area contributed by atoms with Crippen LogP contribution in [0.1, 0.15) is 34.6 Å². The van der Waals surface area contributed by atoms with Crippen LogP contribution in [0.25, 0.3) is 0 Å². The molecule has 23 heavy (non-hydrogen) atoms. The van der Waals surface area contributed by atoms with E-state index in [1.807, 2.05) is 54.9 Å². The molecule has 2 rings (SSSR count). The molecule has 2 aromatic rings. The predicted octanol–water partition coefficient (Wildman–Crippen LogP) is 2.54. The Morgan fingerprint density at radius 1 is 1.17 bits per heavy atom. The zero-order valence-electron chi connectivity index (χ0n) is 13.5. The van der Waals surface area contributed by atoms with Crippen molar-refractivity contribution in [1.82, 2.24) is 9.88 Å². The highest BCUT2D eigenvalue weighted by Gasteiger charge is 2.18. The molecule has 1 unspecified atom stereocenters. The zero-order chi connectivity index (χ0) is 16.8. The van der Waals surface area contributed by atoms with Crippen LogP contribution in [0.3, 0.4) is 0 Å². The van der Waals surface area contributed by atoms with Crippen molar-refractivity contribution < 1.29 is 14.7 Å². The number of nitrogens with one attached hydrogen (secondary N) is 1. The third-order valence-corrected chi connectivity index (χ3v) is 3.97. The second-order valence-corrected chi connectivity index (χ2v) is 5.71. The van der Waals surface area contributed by atoms with E-state index in [1.165, 1.54) is 0 Å². The maximum atomic E-state index is 12.4. The van der Waals surface area contributed by atoms with Gasteiger partial charge in [-0.25, -0.2) is 0 Å². The number of carboxylic acids is 1. The van der Waals surface area contributed by atoms with Crippen molar-refractivity contribution >= 4 is 11.9 Å². The van der Waals surface area contributed by atoms with Gasteiger partial charge >= 0.3 is 5.97 Å². The maximum Gasteiger partial charge on any atom is 0.303 e. The van der Waals surface area contributed by atoms with E-state index in [2.05, 4.69) is 5.32 Å². The maximum absolute atomic E-state index is 12.4. The molecule has 0 saturated heterocycles. The lowest BCUT2D eigenvalue weighted by Crippen LogP contribution is -2.37. The average Bonchev–Trinajstić information content (AvgIpc) is 2.85. The van der Waals surface area contributed by atoms with Crippen LogP contribution in [0.2, 0.25) is 0 Å². The summed E-state index contributed by atoms with van der Waals surface area (Å²) in [5, 5.41) is 11.9. The molecule has 0 spiro atoms. The molecule has 0 aliphatic rings. The molecule has 0 aliphatic heterocycles.